The molecule has 4 heterocycles. The molecular formula is C17H26N4O. The second kappa shape index (κ2) is 6.03. The molecule has 1 aromatic heterocycles. The molecular weight excluding hydrogens is 276 g/mol. The van der Waals surface area contributed by atoms with Crippen molar-refractivity contribution in [1.82, 2.24) is 9.97 Å². The molecule has 2 fully saturated rings. The fraction of sp³-hybridized carbons (Fsp3) is 0.765. The lowest BCUT2D eigenvalue weighted by Gasteiger charge is -2.40. The van der Waals surface area contributed by atoms with E-state index in [1.54, 1.807) is 6.33 Å². The number of fused-ring (bicyclic) bond motifs is 3. The van der Waals surface area contributed by atoms with Gasteiger partial charge in [0, 0.05) is 30.8 Å². The zero-order valence-corrected chi connectivity index (χ0v) is 13.2. The number of aromatic nitrogens is 2. The number of piperidine rings is 1. The standard InChI is InChI=1S/C17H26N4O/c22-8-6-12-9-13-4-5-14(10-12)21(13)17-15-3-1-2-7-18-16(15)19-11-20-17/h11-14,22H,1-10H2,(H,18,19,20). The molecule has 1 aromatic rings. The predicted molar refractivity (Wildman–Crippen MR) is 87.2 cm³/mol. The molecule has 5 heteroatoms. The van der Waals surface area contributed by atoms with Gasteiger partial charge in [-0.1, -0.05) is 0 Å². The van der Waals surface area contributed by atoms with E-state index in [9.17, 15) is 5.11 Å². The third-order valence-electron chi connectivity index (χ3n) is 5.68. The van der Waals surface area contributed by atoms with Crippen LogP contribution in [-0.4, -0.2) is 40.3 Å². The van der Waals surface area contributed by atoms with Gasteiger partial charge >= 0.3 is 0 Å². The van der Waals surface area contributed by atoms with Gasteiger partial charge < -0.3 is 15.3 Å². The van der Waals surface area contributed by atoms with Crippen LogP contribution in [0.5, 0.6) is 0 Å². The average molecular weight is 302 g/mol. The number of anilines is 2. The highest BCUT2D eigenvalue weighted by Crippen LogP contribution is 2.43. The zero-order chi connectivity index (χ0) is 14.9. The van der Waals surface area contributed by atoms with Crippen LogP contribution >= 0.6 is 0 Å². The number of nitrogens with one attached hydrogen (secondary N) is 1. The van der Waals surface area contributed by atoms with E-state index in [2.05, 4.69) is 15.2 Å². The molecule has 0 spiro atoms. The molecule has 5 nitrogen and oxygen atoms in total. The van der Waals surface area contributed by atoms with Gasteiger partial charge in [-0.2, -0.15) is 0 Å². The van der Waals surface area contributed by atoms with E-state index in [1.807, 2.05) is 0 Å². The summed E-state index contributed by atoms with van der Waals surface area (Å²) in [7, 11) is 0. The van der Waals surface area contributed by atoms with Crippen molar-refractivity contribution in [1.29, 1.82) is 0 Å². The summed E-state index contributed by atoms with van der Waals surface area (Å²) in [4.78, 5) is 11.8. The van der Waals surface area contributed by atoms with Gasteiger partial charge in [0.2, 0.25) is 0 Å². The first-order chi connectivity index (χ1) is 10.9. The Labute approximate surface area is 132 Å². The largest absolute Gasteiger partial charge is 0.396 e. The van der Waals surface area contributed by atoms with Crippen LogP contribution in [0.15, 0.2) is 6.33 Å². The van der Waals surface area contributed by atoms with Crippen LogP contribution < -0.4 is 10.2 Å². The quantitative estimate of drug-likeness (QED) is 0.897. The van der Waals surface area contributed by atoms with Gasteiger partial charge in [0.25, 0.3) is 0 Å². The molecule has 0 amide bonds. The van der Waals surface area contributed by atoms with Crippen molar-refractivity contribution in [3.05, 3.63) is 11.9 Å². The Morgan fingerprint density at radius 1 is 1.18 bits per heavy atom. The lowest BCUT2D eigenvalue weighted by molar-refractivity contribution is 0.225. The van der Waals surface area contributed by atoms with Crippen molar-refractivity contribution in [2.45, 2.75) is 63.5 Å². The molecule has 2 N–H and O–H groups in total. The van der Waals surface area contributed by atoms with Crippen molar-refractivity contribution < 1.29 is 5.11 Å². The van der Waals surface area contributed by atoms with Crippen LogP contribution in [0.25, 0.3) is 0 Å². The molecule has 3 aliphatic rings. The molecule has 2 atom stereocenters. The minimum atomic E-state index is 0.330. The summed E-state index contributed by atoms with van der Waals surface area (Å²) < 4.78 is 0. The summed E-state index contributed by atoms with van der Waals surface area (Å²) in [6, 6.07) is 1.22. The third-order valence-corrected chi connectivity index (χ3v) is 5.68. The summed E-state index contributed by atoms with van der Waals surface area (Å²) in [6.45, 7) is 1.35. The fourth-order valence-corrected chi connectivity index (χ4v) is 4.70. The second-order valence-corrected chi connectivity index (χ2v) is 7.05. The van der Waals surface area contributed by atoms with Gasteiger partial charge in [0.1, 0.15) is 18.0 Å². The lowest BCUT2D eigenvalue weighted by atomic mass is 9.88. The Kier molecular flexibility index (Phi) is 3.90. The van der Waals surface area contributed by atoms with Crippen molar-refractivity contribution in [2.24, 2.45) is 5.92 Å². The summed E-state index contributed by atoms with van der Waals surface area (Å²) in [5.41, 5.74) is 1.33. The number of rotatable bonds is 3. The normalized spacial score (nSPS) is 30.6. The van der Waals surface area contributed by atoms with Crippen LogP contribution in [0, 0.1) is 5.92 Å². The first-order valence-corrected chi connectivity index (χ1v) is 8.83. The Morgan fingerprint density at radius 2 is 2.00 bits per heavy atom. The highest BCUT2D eigenvalue weighted by atomic mass is 16.3. The van der Waals surface area contributed by atoms with Crippen molar-refractivity contribution >= 4 is 11.6 Å². The molecule has 2 bridgehead atoms. The fourth-order valence-electron chi connectivity index (χ4n) is 4.70. The van der Waals surface area contributed by atoms with E-state index in [0.717, 1.165) is 25.2 Å². The number of aliphatic hydroxyl groups excluding tert-OH is 1. The summed E-state index contributed by atoms with van der Waals surface area (Å²) in [5.74, 6) is 2.94. The van der Waals surface area contributed by atoms with Crippen LogP contribution in [0.2, 0.25) is 0 Å². The van der Waals surface area contributed by atoms with Crippen molar-refractivity contribution in [2.75, 3.05) is 23.4 Å². The van der Waals surface area contributed by atoms with E-state index < -0.39 is 0 Å². The monoisotopic (exact) mass is 302 g/mol. The number of hydrogen-bond donors (Lipinski definition) is 2. The molecule has 0 radical (unpaired) electrons. The Balaban J connectivity index is 1.63. The SMILES string of the molecule is OCCC1CC2CCC(C1)N2c1ncnc2c1CCCCN2. The smallest absolute Gasteiger partial charge is 0.137 e. The maximum absolute atomic E-state index is 9.24. The van der Waals surface area contributed by atoms with Gasteiger partial charge in [0.15, 0.2) is 0 Å². The molecule has 22 heavy (non-hydrogen) atoms. The molecule has 4 rings (SSSR count). The summed E-state index contributed by atoms with van der Waals surface area (Å²) in [6.07, 6.45) is 11.2. The van der Waals surface area contributed by atoms with Gasteiger partial charge in [-0.15, -0.1) is 0 Å². The van der Waals surface area contributed by atoms with Crippen LogP contribution in [-0.2, 0) is 6.42 Å². The van der Waals surface area contributed by atoms with Crippen LogP contribution in [0.4, 0.5) is 11.6 Å². The lowest BCUT2D eigenvalue weighted by Crippen LogP contribution is -2.44. The Morgan fingerprint density at radius 3 is 2.77 bits per heavy atom. The zero-order valence-electron chi connectivity index (χ0n) is 13.2. The number of hydrogen-bond acceptors (Lipinski definition) is 5. The summed E-state index contributed by atoms with van der Waals surface area (Å²) in [5, 5.41) is 12.7. The molecule has 0 saturated carbocycles. The highest BCUT2D eigenvalue weighted by Gasteiger charge is 2.42. The molecule has 2 unspecified atom stereocenters. The van der Waals surface area contributed by atoms with E-state index in [4.69, 9.17) is 4.98 Å². The minimum absolute atomic E-state index is 0.330. The molecule has 3 aliphatic heterocycles. The van der Waals surface area contributed by atoms with E-state index >= 15 is 0 Å². The van der Waals surface area contributed by atoms with Crippen molar-refractivity contribution in [3.8, 4) is 0 Å². The predicted octanol–water partition coefficient (Wildman–Crippen LogP) is 2.35. The van der Waals surface area contributed by atoms with Gasteiger partial charge in [-0.3, -0.25) is 0 Å². The Hall–Kier alpha value is -1.36. The molecule has 0 aromatic carbocycles. The highest BCUT2D eigenvalue weighted by molar-refractivity contribution is 5.61. The first-order valence-electron chi connectivity index (χ1n) is 8.83. The molecule has 120 valence electrons. The maximum atomic E-state index is 9.24. The van der Waals surface area contributed by atoms with Crippen LogP contribution in [0.3, 0.4) is 0 Å². The number of aliphatic hydroxyl groups is 1. The van der Waals surface area contributed by atoms with E-state index in [1.165, 1.54) is 49.9 Å². The van der Waals surface area contributed by atoms with Crippen molar-refractivity contribution in [3.63, 3.8) is 0 Å². The van der Waals surface area contributed by atoms with Gasteiger partial charge in [-0.05, 0) is 57.3 Å². The topological polar surface area (TPSA) is 61.3 Å². The molecule has 2 saturated heterocycles. The third kappa shape index (κ3) is 2.45. The Bertz CT molecular complexity index is 521. The minimum Gasteiger partial charge on any atom is -0.396 e. The van der Waals surface area contributed by atoms with E-state index in [0.29, 0.717) is 24.6 Å². The second-order valence-electron chi connectivity index (χ2n) is 7.05. The number of nitrogens with zero attached hydrogens (tertiary/aromatic N) is 3. The van der Waals surface area contributed by atoms with Crippen LogP contribution in [0.1, 0.15) is 50.5 Å². The first kappa shape index (κ1) is 14.2. The summed E-state index contributed by atoms with van der Waals surface area (Å²) >= 11 is 0. The average Bonchev–Trinajstić information content (AvgIpc) is 2.72. The van der Waals surface area contributed by atoms with Gasteiger partial charge in [-0.25, -0.2) is 9.97 Å². The van der Waals surface area contributed by atoms with Gasteiger partial charge in [0.05, 0.1) is 0 Å². The van der Waals surface area contributed by atoms with E-state index in [-0.39, 0.29) is 0 Å². The maximum Gasteiger partial charge on any atom is 0.137 e. The molecule has 0 aliphatic carbocycles.